The van der Waals surface area contributed by atoms with E-state index in [1.54, 1.807) is 0 Å². The van der Waals surface area contributed by atoms with E-state index in [-0.39, 0.29) is 28.5 Å². The van der Waals surface area contributed by atoms with Crippen molar-refractivity contribution in [3.8, 4) is 5.75 Å². The first kappa shape index (κ1) is 29.9. The minimum atomic E-state index is -5.45. The molecule has 0 aliphatic carbocycles. The van der Waals surface area contributed by atoms with Gasteiger partial charge >= 0.3 is 18.1 Å². The highest BCUT2D eigenvalue weighted by Gasteiger charge is 2.44. The summed E-state index contributed by atoms with van der Waals surface area (Å²) in [5.74, 6) is -4.31. The SMILES string of the molecule is NC(N)=NOCCCOc1ccc(C[C@H](NS(=O)(=O)c2ccccc2Br)C(=O)OC(=O)C(F)(F)F)cc1. The quantitative estimate of drug-likeness (QED) is 0.0810. The molecular formula is C21H22BrF3N4O7S. The smallest absolute Gasteiger partial charge is 0.491 e. The second-order valence-electron chi connectivity index (χ2n) is 7.21. The summed E-state index contributed by atoms with van der Waals surface area (Å²) in [5.41, 5.74) is 10.6. The Morgan fingerprint density at radius 2 is 1.70 bits per heavy atom. The first-order chi connectivity index (χ1) is 17.3. The molecule has 0 saturated heterocycles. The van der Waals surface area contributed by atoms with Crippen molar-refractivity contribution in [3.63, 3.8) is 0 Å². The molecule has 11 nitrogen and oxygen atoms in total. The summed E-state index contributed by atoms with van der Waals surface area (Å²) < 4.78 is 74.9. The highest BCUT2D eigenvalue weighted by Crippen LogP contribution is 2.23. The molecule has 5 N–H and O–H groups in total. The number of hydrogen-bond acceptors (Lipinski definition) is 8. The Labute approximate surface area is 218 Å². The number of carbonyl (C=O) groups is 2. The van der Waals surface area contributed by atoms with E-state index in [2.05, 4.69) is 25.8 Å². The Balaban J connectivity index is 2.13. The topological polar surface area (TPSA) is 172 Å². The van der Waals surface area contributed by atoms with E-state index in [0.717, 1.165) is 0 Å². The Hall–Kier alpha value is -3.37. The Morgan fingerprint density at radius 1 is 1.05 bits per heavy atom. The molecule has 0 radical (unpaired) electrons. The second-order valence-corrected chi connectivity index (χ2v) is 9.75. The van der Waals surface area contributed by atoms with Gasteiger partial charge in [-0.05, 0) is 57.3 Å². The summed E-state index contributed by atoms with van der Waals surface area (Å²) in [4.78, 5) is 28.1. The lowest BCUT2D eigenvalue weighted by Gasteiger charge is -2.18. The monoisotopic (exact) mass is 610 g/mol. The van der Waals surface area contributed by atoms with Crippen LogP contribution < -0.4 is 20.9 Å². The zero-order valence-electron chi connectivity index (χ0n) is 18.9. The van der Waals surface area contributed by atoms with Crippen LogP contribution in [0.25, 0.3) is 0 Å². The molecule has 0 aliphatic rings. The van der Waals surface area contributed by atoms with Crippen molar-refractivity contribution in [1.29, 1.82) is 0 Å². The number of nitrogens with two attached hydrogens (primary N) is 2. The number of oxime groups is 1. The second kappa shape index (κ2) is 13.3. The first-order valence-corrected chi connectivity index (χ1v) is 12.6. The van der Waals surface area contributed by atoms with Crippen molar-refractivity contribution in [1.82, 2.24) is 4.72 Å². The van der Waals surface area contributed by atoms with Gasteiger partial charge in [0.15, 0.2) is 0 Å². The van der Waals surface area contributed by atoms with Crippen molar-refractivity contribution in [3.05, 3.63) is 58.6 Å². The van der Waals surface area contributed by atoms with E-state index in [9.17, 15) is 31.2 Å². The van der Waals surface area contributed by atoms with Crippen LogP contribution in [-0.4, -0.2) is 51.7 Å². The number of sulfonamides is 1. The third-order valence-corrected chi connectivity index (χ3v) is 6.80. The van der Waals surface area contributed by atoms with Gasteiger partial charge in [0, 0.05) is 10.9 Å². The summed E-state index contributed by atoms with van der Waals surface area (Å²) >= 11 is 3.06. The third-order valence-electron chi connectivity index (χ3n) is 4.31. The van der Waals surface area contributed by atoms with Crippen LogP contribution in [0.3, 0.4) is 0 Å². The number of ether oxygens (including phenoxy) is 2. The van der Waals surface area contributed by atoms with E-state index >= 15 is 0 Å². The fourth-order valence-electron chi connectivity index (χ4n) is 2.70. The van der Waals surface area contributed by atoms with E-state index in [1.807, 2.05) is 4.72 Å². The number of hydrogen-bond donors (Lipinski definition) is 3. The molecule has 0 heterocycles. The van der Waals surface area contributed by atoms with Gasteiger partial charge in [-0.1, -0.05) is 24.3 Å². The first-order valence-electron chi connectivity index (χ1n) is 10.3. The molecule has 2 aromatic rings. The van der Waals surface area contributed by atoms with Crippen LogP contribution in [0.5, 0.6) is 5.75 Å². The molecule has 0 bridgehead atoms. The summed E-state index contributed by atoms with van der Waals surface area (Å²) in [6.45, 7) is 0.424. The van der Waals surface area contributed by atoms with Gasteiger partial charge in [0.25, 0.3) is 0 Å². The number of benzene rings is 2. The molecule has 202 valence electrons. The molecule has 37 heavy (non-hydrogen) atoms. The van der Waals surface area contributed by atoms with E-state index in [1.165, 1.54) is 48.5 Å². The number of esters is 2. The van der Waals surface area contributed by atoms with Crippen LogP contribution in [0.4, 0.5) is 13.2 Å². The maximum Gasteiger partial charge on any atom is 0.491 e. The number of nitrogens with zero attached hydrogens (tertiary/aromatic N) is 1. The average Bonchev–Trinajstić information content (AvgIpc) is 2.81. The standard InChI is InChI=1S/C21H22BrF3N4O7S/c22-15-4-1-2-5-17(15)37(32,33)29-16(18(30)36-19(31)21(23,24)25)12-13-6-8-14(9-7-13)34-10-3-11-35-28-20(26)27/h1-2,4-9,16,29H,3,10-12H2,(H4,26,27,28)/t16-/m0/s1. The molecule has 0 fully saturated rings. The molecule has 1 atom stereocenters. The predicted octanol–water partition coefficient (Wildman–Crippen LogP) is 1.94. The average molecular weight is 611 g/mol. The van der Waals surface area contributed by atoms with Gasteiger partial charge in [-0.2, -0.15) is 17.9 Å². The Bertz CT molecular complexity index is 1220. The zero-order chi connectivity index (χ0) is 27.6. The summed E-state index contributed by atoms with van der Waals surface area (Å²) in [7, 11) is -4.41. The lowest BCUT2D eigenvalue weighted by atomic mass is 10.1. The van der Waals surface area contributed by atoms with Crippen LogP contribution in [-0.2, 0) is 35.6 Å². The van der Waals surface area contributed by atoms with Gasteiger partial charge in [0.2, 0.25) is 16.0 Å². The molecule has 0 aliphatic heterocycles. The van der Waals surface area contributed by atoms with Crippen molar-refractivity contribution < 1.29 is 45.5 Å². The lowest BCUT2D eigenvalue weighted by Crippen LogP contribution is -2.45. The highest BCUT2D eigenvalue weighted by molar-refractivity contribution is 9.10. The van der Waals surface area contributed by atoms with Gasteiger partial charge < -0.3 is 25.8 Å². The van der Waals surface area contributed by atoms with Crippen LogP contribution in [0.2, 0.25) is 0 Å². The molecule has 0 spiro atoms. The molecule has 2 rings (SSSR count). The van der Waals surface area contributed by atoms with Gasteiger partial charge in [-0.3, -0.25) is 0 Å². The minimum absolute atomic E-state index is 0.145. The minimum Gasteiger partial charge on any atom is -0.493 e. The number of rotatable bonds is 12. The number of carbonyl (C=O) groups excluding carboxylic acids is 2. The molecule has 0 aromatic heterocycles. The largest absolute Gasteiger partial charge is 0.493 e. The normalized spacial score (nSPS) is 12.3. The Morgan fingerprint density at radius 3 is 2.30 bits per heavy atom. The van der Waals surface area contributed by atoms with Crippen LogP contribution >= 0.6 is 15.9 Å². The maximum atomic E-state index is 12.8. The van der Waals surface area contributed by atoms with Crippen LogP contribution in [0.15, 0.2) is 63.1 Å². The summed E-state index contributed by atoms with van der Waals surface area (Å²) in [6, 6.07) is 9.64. The van der Waals surface area contributed by atoms with Crippen molar-refractivity contribution >= 4 is 43.9 Å². The van der Waals surface area contributed by atoms with Gasteiger partial charge in [-0.15, -0.1) is 0 Å². The molecule has 16 heteroatoms. The molecular weight excluding hydrogens is 589 g/mol. The number of nitrogens with one attached hydrogen (secondary N) is 1. The van der Waals surface area contributed by atoms with E-state index < -0.39 is 40.6 Å². The fraction of sp³-hybridized carbons (Fsp3) is 0.286. The molecule has 0 amide bonds. The van der Waals surface area contributed by atoms with Crippen LogP contribution in [0, 0.1) is 0 Å². The number of guanidine groups is 1. The maximum absolute atomic E-state index is 12.8. The summed E-state index contributed by atoms with van der Waals surface area (Å²) in [6.07, 6.45) is -5.44. The van der Waals surface area contributed by atoms with Crippen molar-refractivity contribution in [2.75, 3.05) is 13.2 Å². The molecule has 0 unspecified atom stereocenters. The fourth-order valence-corrected chi connectivity index (χ4v) is 4.89. The van der Waals surface area contributed by atoms with Gasteiger partial charge in [0.1, 0.15) is 18.4 Å². The van der Waals surface area contributed by atoms with Gasteiger partial charge in [-0.25, -0.2) is 18.0 Å². The highest BCUT2D eigenvalue weighted by atomic mass is 79.9. The molecule has 2 aromatic carbocycles. The van der Waals surface area contributed by atoms with Crippen molar-refractivity contribution in [2.45, 2.75) is 30.0 Å². The predicted molar refractivity (Wildman–Crippen MR) is 127 cm³/mol. The Kier molecular flexibility index (Phi) is 10.7. The van der Waals surface area contributed by atoms with E-state index in [0.29, 0.717) is 17.7 Å². The number of halogens is 4. The number of alkyl halides is 3. The van der Waals surface area contributed by atoms with Crippen LogP contribution in [0.1, 0.15) is 12.0 Å². The molecule has 0 saturated carbocycles. The summed E-state index contributed by atoms with van der Waals surface area (Å²) in [5, 5.41) is 3.35. The van der Waals surface area contributed by atoms with Gasteiger partial charge in [0.05, 0.1) is 11.5 Å². The zero-order valence-corrected chi connectivity index (χ0v) is 21.3. The third kappa shape index (κ3) is 9.89. The van der Waals surface area contributed by atoms with Crippen molar-refractivity contribution in [2.24, 2.45) is 16.6 Å². The lowest BCUT2D eigenvalue weighted by molar-refractivity contribution is -0.202. The van der Waals surface area contributed by atoms with E-state index in [4.69, 9.17) is 21.0 Å².